The summed E-state index contributed by atoms with van der Waals surface area (Å²) >= 11 is 0. The third-order valence-corrected chi connectivity index (χ3v) is 1.58. The van der Waals surface area contributed by atoms with Crippen molar-refractivity contribution in [1.82, 2.24) is 10.2 Å². The Morgan fingerprint density at radius 3 is 2.44 bits per heavy atom. The van der Waals surface area contributed by atoms with Crippen molar-refractivity contribution >= 4 is 6.03 Å². The Bertz CT molecular complexity index is 164. The third-order valence-electron chi connectivity index (χ3n) is 1.58. The molecule has 9 heavy (non-hydrogen) atoms. The van der Waals surface area contributed by atoms with Gasteiger partial charge in [-0.1, -0.05) is 6.58 Å². The second-order valence-corrected chi connectivity index (χ2v) is 2.22. The van der Waals surface area contributed by atoms with E-state index in [4.69, 9.17) is 0 Å². The van der Waals surface area contributed by atoms with Crippen LogP contribution < -0.4 is 5.32 Å². The van der Waals surface area contributed by atoms with Crippen LogP contribution in [0.5, 0.6) is 0 Å². The zero-order chi connectivity index (χ0) is 7.02. The quantitative estimate of drug-likeness (QED) is 0.505. The van der Waals surface area contributed by atoms with Gasteiger partial charge in [0.05, 0.1) is 6.04 Å². The third kappa shape index (κ3) is 0.781. The predicted octanol–water partition coefficient (Wildman–Crippen LogP) is 0.544. The molecule has 50 valence electrons. The molecule has 1 heterocycles. The van der Waals surface area contributed by atoms with E-state index in [0.29, 0.717) is 0 Å². The molecule has 0 aromatic rings. The lowest BCUT2D eigenvalue weighted by atomic mass is 10.3. The highest BCUT2D eigenvalue weighted by atomic mass is 16.2. The van der Waals surface area contributed by atoms with Crippen LogP contribution >= 0.6 is 0 Å². The summed E-state index contributed by atoms with van der Waals surface area (Å²) < 4.78 is 0. The van der Waals surface area contributed by atoms with Crippen LogP contribution in [0.1, 0.15) is 6.92 Å². The minimum atomic E-state index is -0.0625. The highest BCUT2D eigenvalue weighted by Crippen LogP contribution is 2.11. The number of likely N-dealkylation sites (N-methyl/N-ethyl adjacent to an activating group) is 1. The van der Waals surface area contributed by atoms with Crippen LogP contribution in [0.2, 0.25) is 0 Å². The van der Waals surface area contributed by atoms with Gasteiger partial charge < -0.3 is 5.32 Å². The molecule has 0 spiro atoms. The molecule has 2 amide bonds. The van der Waals surface area contributed by atoms with Gasteiger partial charge in [0.15, 0.2) is 0 Å². The van der Waals surface area contributed by atoms with Gasteiger partial charge in [-0.05, 0) is 6.92 Å². The van der Waals surface area contributed by atoms with Gasteiger partial charge in [0.25, 0.3) is 0 Å². The summed E-state index contributed by atoms with van der Waals surface area (Å²) in [4.78, 5) is 12.3. The van der Waals surface area contributed by atoms with Crippen molar-refractivity contribution in [2.45, 2.75) is 13.0 Å². The number of rotatable bonds is 0. The Labute approximate surface area is 54.3 Å². The minimum Gasteiger partial charge on any atom is -0.330 e. The van der Waals surface area contributed by atoms with Crippen LogP contribution in [-0.4, -0.2) is 24.0 Å². The van der Waals surface area contributed by atoms with E-state index in [2.05, 4.69) is 11.9 Å². The molecule has 0 bridgehead atoms. The molecule has 0 aromatic heterocycles. The average molecular weight is 126 g/mol. The van der Waals surface area contributed by atoms with Crippen molar-refractivity contribution < 1.29 is 4.79 Å². The molecule has 1 aliphatic heterocycles. The topological polar surface area (TPSA) is 32.3 Å². The largest absolute Gasteiger partial charge is 0.330 e. The van der Waals surface area contributed by atoms with Gasteiger partial charge in [0.2, 0.25) is 0 Å². The normalized spacial score (nSPS) is 26.9. The molecule has 0 aromatic carbocycles. The molecule has 1 saturated heterocycles. The lowest BCUT2D eigenvalue weighted by Gasteiger charge is -2.06. The number of carbonyl (C=O) groups excluding carboxylic acids is 1. The molecule has 1 N–H and O–H groups in total. The van der Waals surface area contributed by atoms with Crippen molar-refractivity contribution in [3.8, 4) is 0 Å². The van der Waals surface area contributed by atoms with E-state index >= 15 is 0 Å². The SMILES string of the molecule is C=C1C(C)NC(=O)N1C. The minimum absolute atomic E-state index is 0.0625. The van der Waals surface area contributed by atoms with Gasteiger partial charge in [-0.15, -0.1) is 0 Å². The lowest BCUT2D eigenvalue weighted by Crippen LogP contribution is -2.24. The maximum Gasteiger partial charge on any atom is 0.321 e. The molecule has 3 heteroatoms. The van der Waals surface area contributed by atoms with E-state index in [9.17, 15) is 4.79 Å². The zero-order valence-electron chi connectivity index (χ0n) is 5.64. The van der Waals surface area contributed by atoms with Crippen molar-refractivity contribution in [1.29, 1.82) is 0 Å². The highest BCUT2D eigenvalue weighted by Gasteiger charge is 2.25. The molecule has 1 fully saturated rings. The summed E-state index contributed by atoms with van der Waals surface area (Å²) in [5, 5.41) is 2.70. The smallest absolute Gasteiger partial charge is 0.321 e. The monoisotopic (exact) mass is 126 g/mol. The number of amides is 2. The number of nitrogens with one attached hydrogen (secondary N) is 1. The maximum atomic E-state index is 10.7. The Morgan fingerprint density at radius 1 is 1.78 bits per heavy atom. The standard InChI is InChI=1S/C6H10N2O/c1-4-5(2)8(3)6(9)7-4/h4H,2H2,1,3H3,(H,7,9). The first-order valence-corrected chi connectivity index (χ1v) is 2.86. The van der Waals surface area contributed by atoms with Crippen molar-refractivity contribution in [2.75, 3.05) is 7.05 Å². The molecular weight excluding hydrogens is 116 g/mol. The Balaban J connectivity index is 2.77. The first-order chi connectivity index (χ1) is 4.13. The van der Waals surface area contributed by atoms with E-state index < -0.39 is 0 Å². The van der Waals surface area contributed by atoms with E-state index in [1.807, 2.05) is 6.92 Å². The fourth-order valence-corrected chi connectivity index (χ4v) is 0.786. The summed E-state index contributed by atoms with van der Waals surface area (Å²) in [7, 11) is 1.71. The van der Waals surface area contributed by atoms with E-state index in [1.54, 1.807) is 7.05 Å². The van der Waals surface area contributed by atoms with Gasteiger partial charge in [0, 0.05) is 12.7 Å². The van der Waals surface area contributed by atoms with Gasteiger partial charge in [-0.25, -0.2) is 4.79 Å². The van der Waals surface area contributed by atoms with Crippen LogP contribution in [0.25, 0.3) is 0 Å². The second kappa shape index (κ2) is 1.76. The van der Waals surface area contributed by atoms with Crippen molar-refractivity contribution in [3.63, 3.8) is 0 Å². The van der Waals surface area contributed by atoms with Crippen LogP contribution in [0.3, 0.4) is 0 Å². The highest BCUT2D eigenvalue weighted by molar-refractivity contribution is 5.79. The summed E-state index contributed by atoms with van der Waals surface area (Å²) in [6.45, 7) is 5.62. The fraction of sp³-hybridized carbons (Fsp3) is 0.500. The van der Waals surface area contributed by atoms with Gasteiger partial charge in [0.1, 0.15) is 0 Å². The molecule has 1 rings (SSSR count). The molecule has 1 unspecified atom stereocenters. The zero-order valence-corrected chi connectivity index (χ0v) is 5.64. The van der Waals surface area contributed by atoms with Gasteiger partial charge >= 0.3 is 6.03 Å². The number of hydrogen-bond acceptors (Lipinski definition) is 1. The van der Waals surface area contributed by atoms with Gasteiger partial charge in [-0.3, -0.25) is 4.90 Å². The average Bonchev–Trinajstić information content (AvgIpc) is 1.98. The second-order valence-electron chi connectivity index (χ2n) is 2.22. The number of carbonyl (C=O) groups is 1. The number of hydrogen-bond donors (Lipinski definition) is 1. The van der Waals surface area contributed by atoms with E-state index in [-0.39, 0.29) is 12.1 Å². The molecule has 3 nitrogen and oxygen atoms in total. The maximum absolute atomic E-state index is 10.7. The summed E-state index contributed by atoms with van der Waals surface area (Å²) in [6, 6.07) is 0.0370. The van der Waals surface area contributed by atoms with E-state index in [1.165, 1.54) is 4.90 Å². The van der Waals surface area contributed by atoms with Crippen molar-refractivity contribution in [2.24, 2.45) is 0 Å². The van der Waals surface area contributed by atoms with Crippen LogP contribution in [0.15, 0.2) is 12.3 Å². The molecule has 1 atom stereocenters. The Kier molecular flexibility index (Phi) is 1.20. The first-order valence-electron chi connectivity index (χ1n) is 2.86. The fourth-order valence-electron chi connectivity index (χ4n) is 0.786. The summed E-state index contributed by atoms with van der Waals surface area (Å²) in [5.41, 5.74) is 0.833. The van der Waals surface area contributed by atoms with Crippen LogP contribution in [0, 0.1) is 0 Å². The Morgan fingerprint density at radius 2 is 2.33 bits per heavy atom. The molecule has 1 aliphatic rings. The molecule has 0 radical (unpaired) electrons. The summed E-state index contributed by atoms with van der Waals surface area (Å²) in [5.74, 6) is 0. The number of urea groups is 1. The Hall–Kier alpha value is -0.990. The summed E-state index contributed by atoms with van der Waals surface area (Å²) in [6.07, 6.45) is 0. The van der Waals surface area contributed by atoms with Gasteiger partial charge in [-0.2, -0.15) is 0 Å². The number of nitrogens with zero attached hydrogens (tertiary/aromatic N) is 1. The predicted molar refractivity (Wildman–Crippen MR) is 34.9 cm³/mol. The van der Waals surface area contributed by atoms with Crippen LogP contribution in [0.4, 0.5) is 4.79 Å². The van der Waals surface area contributed by atoms with E-state index in [0.717, 1.165) is 5.70 Å². The first kappa shape index (κ1) is 6.13. The van der Waals surface area contributed by atoms with Crippen LogP contribution in [-0.2, 0) is 0 Å². The van der Waals surface area contributed by atoms with Crippen molar-refractivity contribution in [3.05, 3.63) is 12.3 Å². The molecular formula is C6H10N2O. The molecule has 0 aliphatic carbocycles. The lowest BCUT2D eigenvalue weighted by molar-refractivity contribution is 0.229. The molecule has 0 saturated carbocycles.